The summed E-state index contributed by atoms with van der Waals surface area (Å²) in [5, 5.41) is 16.2. The van der Waals surface area contributed by atoms with Gasteiger partial charge in [0.25, 0.3) is 5.91 Å². The molecule has 3 aromatic rings. The van der Waals surface area contributed by atoms with E-state index in [0.29, 0.717) is 16.5 Å². The van der Waals surface area contributed by atoms with Crippen LogP contribution in [0.2, 0.25) is 5.02 Å². The van der Waals surface area contributed by atoms with Gasteiger partial charge in [0, 0.05) is 11.1 Å². The predicted molar refractivity (Wildman–Crippen MR) is 115 cm³/mol. The van der Waals surface area contributed by atoms with Crippen molar-refractivity contribution in [2.75, 3.05) is 24.4 Å². The molecule has 12 heteroatoms. The minimum atomic E-state index is -0.780. The lowest BCUT2D eigenvalue weighted by molar-refractivity contribution is -0.119. The van der Waals surface area contributed by atoms with Gasteiger partial charge < -0.3 is 20.1 Å². The highest BCUT2D eigenvalue weighted by atomic mass is 35.5. The molecule has 3 rings (SSSR count). The number of tetrazole rings is 1. The average molecular weight is 459 g/mol. The zero-order valence-electron chi connectivity index (χ0n) is 17.2. The Balaban J connectivity index is 1.61. The van der Waals surface area contributed by atoms with E-state index in [2.05, 4.69) is 26.2 Å². The van der Waals surface area contributed by atoms with Gasteiger partial charge in [-0.2, -0.15) is 0 Å². The Hall–Kier alpha value is -3.99. The van der Waals surface area contributed by atoms with Gasteiger partial charge in [0.05, 0.1) is 24.0 Å². The predicted octanol–water partition coefficient (Wildman–Crippen LogP) is 2.08. The largest absolute Gasteiger partial charge is 0.495 e. The van der Waals surface area contributed by atoms with Crippen molar-refractivity contribution < 1.29 is 23.9 Å². The van der Waals surface area contributed by atoms with E-state index in [4.69, 9.17) is 21.1 Å². The smallest absolute Gasteiger partial charge is 0.340 e. The molecule has 0 bridgehead atoms. The van der Waals surface area contributed by atoms with Crippen LogP contribution in [0.5, 0.6) is 5.75 Å². The van der Waals surface area contributed by atoms with Crippen molar-refractivity contribution in [2.45, 2.75) is 13.5 Å². The Morgan fingerprint density at radius 3 is 2.56 bits per heavy atom. The number of rotatable bonds is 8. The number of amides is 2. The first kappa shape index (κ1) is 22.7. The summed E-state index contributed by atoms with van der Waals surface area (Å²) >= 11 is 6.06. The molecule has 2 N–H and O–H groups in total. The van der Waals surface area contributed by atoms with Gasteiger partial charge >= 0.3 is 5.97 Å². The number of carbonyl (C=O) groups is 3. The highest BCUT2D eigenvalue weighted by Gasteiger charge is 2.17. The Kier molecular flexibility index (Phi) is 7.34. The van der Waals surface area contributed by atoms with Crippen LogP contribution in [0, 0.1) is 6.92 Å². The number of ether oxygens (including phenoxy) is 2. The van der Waals surface area contributed by atoms with Crippen molar-refractivity contribution in [3.05, 3.63) is 58.9 Å². The number of esters is 1. The van der Waals surface area contributed by atoms with Crippen LogP contribution in [0.25, 0.3) is 0 Å². The second-order valence-corrected chi connectivity index (χ2v) is 6.93. The van der Waals surface area contributed by atoms with Crippen molar-refractivity contribution in [1.29, 1.82) is 0 Å². The molecule has 0 unspecified atom stereocenters. The zero-order chi connectivity index (χ0) is 23.1. The molecular weight excluding hydrogens is 440 g/mol. The molecule has 0 aliphatic rings. The molecule has 32 heavy (non-hydrogen) atoms. The van der Waals surface area contributed by atoms with Crippen molar-refractivity contribution in [2.24, 2.45) is 0 Å². The summed E-state index contributed by atoms with van der Waals surface area (Å²) in [5.41, 5.74) is 1.45. The Labute approximate surface area is 187 Å². The number of aromatic nitrogens is 4. The number of hydrogen-bond acceptors (Lipinski definition) is 8. The Morgan fingerprint density at radius 2 is 1.84 bits per heavy atom. The van der Waals surface area contributed by atoms with Gasteiger partial charge in [0.2, 0.25) is 5.91 Å². The lowest BCUT2D eigenvalue weighted by Gasteiger charge is -2.13. The maximum Gasteiger partial charge on any atom is 0.340 e. The number of hydrogen-bond donors (Lipinski definition) is 2. The molecule has 11 nitrogen and oxygen atoms in total. The molecule has 0 fully saturated rings. The van der Waals surface area contributed by atoms with Gasteiger partial charge in [0.15, 0.2) is 6.61 Å². The van der Waals surface area contributed by atoms with Gasteiger partial charge in [-0.3, -0.25) is 9.59 Å². The number of halogens is 1. The van der Waals surface area contributed by atoms with E-state index in [1.165, 1.54) is 30.3 Å². The summed E-state index contributed by atoms with van der Waals surface area (Å²) in [7, 11) is 1.45. The first-order valence-electron chi connectivity index (χ1n) is 9.28. The minimum absolute atomic E-state index is 0.0882. The van der Waals surface area contributed by atoms with Crippen molar-refractivity contribution in [3.63, 3.8) is 0 Å². The van der Waals surface area contributed by atoms with E-state index in [9.17, 15) is 14.4 Å². The first-order valence-corrected chi connectivity index (χ1v) is 9.66. The minimum Gasteiger partial charge on any atom is -0.495 e. The lowest BCUT2D eigenvalue weighted by atomic mass is 10.2. The van der Waals surface area contributed by atoms with E-state index in [-0.39, 0.29) is 17.8 Å². The molecule has 0 aliphatic carbocycles. The number of nitrogens with zero attached hydrogens (tertiary/aromatic N) is 4. The molecule has 1 heterocycles. The molecule has 0 spiro atoms. The number of methoxy groups -OCH3 is 1. The normalized spacial score (nSPS) is 10.3. The van der Waals surface area contributed by atoms with Gasteiger partial charge in [-0.25, -0.2) is 9.48 Å². The number of benzene rings is 2. The molecule has 0 aliphatic heterocycles. The highest BCUT2D eigenvalue weighted by molar-refractivity contribution is 6.31. The standard InChI is InChI=1S/C20H19ClN6O5/c1-12-7-16(17(31-2)8-14(12)21)24-19(29)10-32-20(30)13-5-3-4-6-15(13)23-18(28)9-27-11-22-25-26-27/h3-8,11H,9-10H2,1-2H3,(H,23,28)(H,24,29). The van der Waals surface area contributed by atoms with Crippen LogP contribution in [-0.2, 0) is 20.9 Å². The van der Waals surface area contributed by atoms with Crippen LogP contribution in [0.3, 0.4) is 0 Å². The third kappa shape index (κ3) is 5.79. The SMILES string of the molecule is COc1cc(Cl)c(C)cc1NC(=O)COC(=O)c1ccccc1NC(=O)Cn1cnnn1. The summed E-state index contributed by atoms with van der Waals surface area (Å²) < 4.78 is 11.5. The van der Waals surface area contributed by atoms with Gasteiger partial charge in [-0.05, 0) is 41.1 Å². The van der Waals surface area contributed by atoms with Crippen LogP contribution in [-0.4, -0.2) is 51.7 Å². The summed E-state index contributed by atoms with van der Waals surface area (Å²) in [6.45, 7) is 1.10. The number of aryl methyl sites for hydroxylation is 1. The van der Waals surface area contributed by atoms with E-state index in [1.54, 1.807) is 31.2 Å². The van der Waals surface area contributed by atoms with E-state index < -0.39 is 24.4 Å². The van der Waals surface area contributed by atoms with Crippen LogP contribution in [0.15, 0.2) is 42.7 Å². The molecule has 2 aromatic carbocycles. The fourth-order valence-corrected chi connectivity index (χ4v) is 2.84. The maximum absolute atomic E-state index is 12.5. The Bertz CT molecular complexity index is 1140. The van der Waals surface area contributed by atoms with Gasteiger partial charge in [-0.15, -0.1) is 5.10 Å². The van der Waals surface area contributed by atoms with E-state index in [1.807, 2.05) is 0 Å². The third-order valence-corrected chi connectivity index (χ3v) is 4.61. The third-order valence-electron chi connectivity index (χ3n) is 4.21. The van der Waals surface area contributed by atoms with Crippen LogP contribution in [0.1, 0.15) is 15.9 Å². The maximum atomic E-state index is 12.5. The van der Waals surface area contributed by atoms with Crippen LogP contribution < -0.4 is 15.4 Å². The topological polar surface area (TPSA) is 137 Å². The molecular formula is C20H19ClN6O5. The molecule has 0 atom stereocenters. The van der Waals surface area contributed by atoms with E-state index in [0.717, 1.165) is 5.56 Å². The van der Waals surface area contributed by atoms with Crippen LogP contribution in [0.4, 0.5) is 11.4 Å². The van der Waals surface area contributed by atoms with Crippen molar-refractivity contribution in [1.82, 2.24) is 20.2 Å². The first-order chi connectivity index (χ1) is 15.4. The molecule has 0 radical (unpaired) electrons. The molecule has 1 aromatic heterocycles. The molecule has 0 saturated carbocycles. The molecule has 166 valence electrons. The number of nitrogens with one attached hydrogen (secondary N) is 2. The monoisotopic (exact) mass is 458 g/mol. The average Bonchev–Trinajstić information content (AvgIpc) is 3.27. The summed E-state index contributed by atoms with van der Waals surface area (Å²) in [6.07, 6.45) is 1.29. The lowest BCUT2D eigenvalue weighted by Crippen LogP contribution is -2.23. The second-order valence-electron chi connectivity index (χ2n) is 6.53. The zero-order valence-corrected chi connectivity index (χ0v) is 17.9. The van der Waals surface area contributed by atoms with Crippen molar-refractivity contribution >= 4 is 40.8 Å². The van der Waals surface area contributed by atoms with Crippen molar-refractivity contribution in [3.8, 4) is 5.75 Å². The number of anilines is 2. The summed E-state index contributed by atoms with van der Waals surface area (Å²) in [6, 6.07) is 9.48. The number of carbonyl (C=O) groups excluding carboxylic acids is 3. The van der Waals surface area contributed by atoms with E-state index >= 15 is 0 Å². The van der Waals surface area contributed by atoms with Gasteiger partial charge in [0.1, 0.15) is 18.6 Å². The Morgan fingerprint density at radius 1 is 1.09 bits per heavy atom. The fraction of sp³-hybridized carbons (Fsp3) is 0.200. The molecule has 0 saturated heterocycles. The second kappa shape index (κ2) is 10.4. The van der Waals surface area contributed by atoms with Gasteiger partial charge in [-0.1, -0.05) is 23.7 Å². The highest BCUT2D eigenvalue weighted by Crippen LogP contribution is 2.30. The summed E-state index contributed by atoms with van der Waals surface area (Å²) in [5.74, 6) is -1.42. The summed E-state index contributed by atoms with van der Waals surface area (Å²) in [4.78, 5) is 37.0. The van der Waals surface area contributed by atoms with Crippen LogP contribution >= 0.6 is 11.6 Å². The fourth-order valence-electron chi connectivity index (χ4n) is 2.68. The molecule has 2 amide bonds. The quantitative estimate of drug-likeness (QED) is 0.489. The number of para-hydroxylation sites is 1.